The lowest BCUT2D eigenvalue weighted by Gasteiger charge is -2.34. The summed E-state index contributed by atoms with van der Waals surface area (Å²) in [6.07, 6.45) is 1.71. The van der Waals surface area contributed by atoms with Crippen molar-refractivity contribution in [1.29, 1.82) is 0 Å². The fraction of sp³-hybridized carbons (Fsp3) is 0.462. The highest BCUT2D eigenvalue weighted by atomic mass is 32.1. The summed E-state index contributed by atoms with van der Waals surface area (Å²) in [6.45, 7) is 8.12. The first-order valence-electron chi connectivity index (χ1n) is 6.45. The molecule has 3 rings (SSSR count). The van der Waals surface area contributed by atoms with Crippen LogP contribution >= 0.6 is 11.3 Å². The van der Waals surface area contributed by atoms with E-state index in [2.05, 4.69) is 38.8 Å². The van der Waals surface area contributed by atoms with E-state index in [0.29, 0.717) is 0 Å². The summed E-state index contributed by atoms with van der Waals surface area (Å²) in [5, 5.41) is 9.25. The smallest absolute Gasteiger partial charge is 0.185 e. The van der Waals surface area contributed by atoms with Crippen molar-refractivity contribution >= 4 is 22.3 Å². The van der Waals surface area contributed by atoms with Gasteiger partial charge in [-0.1, -0.05) is 0 Å². The van der Waals surface area contributed by atoms with E-state index in [9.17, 15) is 0 Å². The summed E-state index contributed by atoms with van der Waals surface area (Å²) in [5.41, 5.74) is 1.15. The average molecular weight is 275 g/mol. The molecule has 2 aromatic heterocycles. The van der Waals surface area contributed by atoms with Crippen LogP contribution in [0, 0.1) is 13.8 Å². The second kappa shape index (κ2) is 5.13. The van der Waals surface area contributed by atoms with Crippen molar-refractivity contribution in [2.75, 3.05) is 36.0 Å². The Labute approximate surface area is 116 Å². The van der Waals surface area contributed by atoms with Gasteiger partial charge in [0.1, 0.15) is 0 Å². The Morgan fingerprint density at radius 3 is 2.42 bits per heavy atom. The van der Waals surface area contributed by atoms with Crippen LogP contribution in [0.5, 0.6) is 0 Å². The number of piperazine rings is 1. The Hall–Kier alpha value is -1.69. The first-order valence-corrected chi connectivity index (χ1v) is 7.27. The molecule has 0 spiro atoms. The maximum Gasteiger partial charge on any atom is 0.185 e. The number of aromatic nitrogens is 3. The van der Waals surface area contributed by atoms with E-state index >= 15 is 0 Å². The topological polar surface area (TPSA) is 45.2 Å². The van der Waals surface area contributed by atoms with E-state index in [1.54, 1.807) is 17.5 Å². The number of rotatable bonds is 2. The SMILES string of the molecule is Cc1nc(N2CCN(c3cccnn3)CC2)sc1C. The zero-order valence-electron chi connectivity index (χ0n) is 11.2. The second-order valence-electron chi connectivity index (χ2n) is 4.69. The van der Waals surface area contributed by atoms with E-state index in [4.69, 9.17) is 0 Å². The summed E-state index contributed by atoms with van der Waals surface area (Å²) >= 11 is 1.79. The van der Waals surface area contributed by atoms with Gasteiger partial charge in [-0.3, -0.25) is 0 Å². The van der Waals surface area contributed by atoms with Gasteiger partial charge in [-0.2, -0.15) is 5.10 Å². The van der Waals surface area contributed by atoms with Gasteiger partial charge in [0.05, 0.1) is 5.69 Å². The minimum atomic E-state index is 0.966. The molecule has 0 atom stereocenters. The molecule has 2 aromatic rings. The Morgan fingerprint density at radius 2 is 1.84 bits per heavy atom. The minimum absolute atomic E-state index is 0.966. The van der Waals surface area contributed by atoms with E-state index in [-0.39, 0.29) is 0 Å². The highest BCUT2D eigenvalue weighted by molar-refractivity contribution is 7.15. The molecule has 0 saturated carbocycles. The molecule has 0 unspecified atom stereocenters. The number of aryl methyl sites for hydroxylation is 2. The van der Waals surface area contributed by atoms with Crippen molar-refractivity contribution in [3.63, 3.8) is 0 Å². The fourth-order valence-corrected chi connectivity index (χ4v) is 3.14. The van der Waals surface area contributed by atoms with Crippen molar-refractivity contribution in [2.45, 2.75) is 13.8 Å². The minimum Gasteiger partial charge on any atom is -0.352 e. The van der Waals surface area contributed by atoms with Crippen LogP contribution < -0.4 is 9.80 Å². The maximum atomic E-state index is 4.63. The molecule has 0 amide bonds. The summed E-state index contributed by atoms with van der Waals surface area (Å²) in [7, 11) is 0. The van der Waals surface area contributed by atoms with Crippen LogP contribution in [0.15, 0.2) is 18.3 Å². The molecule has 1 saturated heterocycles. The largest absolute Gasteiger partial charge is 0.352 e. The Kier molecular flexibility index (Phi) is 3.33. The third-order valence-corrected chi connectivity index (χ3v) is 4.58. The molecule has 0 N–H and O–H groups in total. The monoisotopic (exact) mass is 275 g/mol. The number of anilines is 2. The number of thiazole rings is 1. The first kappa shape index (κ1) is 12.3. The molecule has 0 radical (unpaired) electrons. The lowest BCUT2D eigenvalue weighted by Crippen LogP contribution is -2.46. The van der Waals surface area contributed by atoms with Gasteiger partial charge in [0.15, 0.2) is 10.9 Å². The first-order chi connectivity index (χ1) is 9.24. The van der Waals surface area contributed by atoms with Crippen molar-refractivity contribution in [1.82, 2.24) is 15.2 Å². The number of nitrogens with zero attached hydrogens (tertiary/aromatic N) is 5. The Bertz CT molecular complexity index is 526. The normalized spacial score (nSPS) is 15.9. The number of hydrogen-bond donors (Lipinski definition) is 0. The molecule has 100 valence electrons. The van der Waals surface area contributed by atoms with Crippen LogP contribution in [0.1, 0.15) is 10.6 Å². The highest BCUT2D eigenvalue weighted by Gasteiger charge is 2.20. The second-order valence-corrected chi connectivity index (χ2v) is 5.88. The molecule has 1 fully saturated rings. The third-order valence-electron chi connectivity index (χ3n) is 3.45. The number of hydrogen-bond acceptors (Lipinski definition) is 6. The molecule has 5 nitrogen and oxygen atoms in total. The summed E-state index contributed by atoms with van der Waals surface area (Å²) < 4.78 is 0. The molecule has 0 aliphatic carbocycles. The van der Waals surface area contributed by atoms with Crippen LogP contribution in [-0.4, -0.2) is 41.4 Å². The van der Waals surface area contributed by atoms with Crippen LogP contribution in [0.25, 0.3) is 0 Å². The van der Waals surface area contributed by atoms with Crippen LogP contribution in [0.4, 0.5) is 10.9 Å². The average Bonchev–Trinajstić information content (AvgIpc) is 2.80. The predicted octanol–water partition coefficient (Wildman–Crippen LogP) is 1.88. The molecular weight excluding hydrogens is 258 g/mol. The van der Waals surface area contributed by atoms with Gasteiger partial charge in [-0.05, 0) is 26.0 Å². The van der Waals surface area contributed by atoms with Gasteiger partial charge in [0.2, 0.25) is 0 Å². The lowest BCUT2D eigenvalue weighted by molar-refractivity contribution is 0.642. The molecule has 6 heteroatoms. The van der Waals surface area contributed by atoms with Gasteiger partial charge >= 0.3 is 0 Å². The summed E-state index contributed by atoms with van der Waals surface area (Å²) in [4.78, 5) is 10.6. The van der Waals surface area contributed by atoms with Crippen molar-refractivity contribution in [2.24, 2.45) is 0 Å². The van der Waals surface area contributed by atoms with E-state index in [0.717, 1.165) is 42.8 Å². The van der Waals surface area contributed by atoms with Crippen molar-refractivity contribution in [3.8, 4) is 0 Å². The van der Waals surface area contributed by atoms with Crippen LogP contribution in [0.2, 0.25) is 0 Å². The van der Waals surface area contributed by atoms with Crippen molar-refractivity contribution in [3.05, 3.63) is 28.9 Å². The van der Waals surface area contributed by atoms with Gasteiger partial charge in [-0.15, -0.1) is 16.4 Å². The van der Waals surface area contributed by atoms with E-state index in [1.807, 2.05) is 12.1 Å². The van der Waals surface area contributed by atoms with Gasteiger partial charge in [0.25, 0.3) is 0 Å². The molecule has 0 aromatic carbocycles. The van der Waals surface area contributed by atoms with E-state index in [1.165, 1.54) is 4.88 Å². The summed E-state index contributed by atoms with van der Waals surface area (Å²) in [5.74, 6) is 0.966. The molecule has 1 aliphatic rings. The van der Waals surface area contributed by atoms with Crippen LogP contribution in [-0.2, 0) is 0 Å². The fourth-order valence-electron chi connectivity index (χ4n) is 2.18. The molecular formula is C13H17N5S. The van der Waals surface area contributed by atoms with Gasteiger partial charge < -0.3 is 9.80 Å². The molecule has 19 heavy (non-hydrogen) atoms. The molecule has 1 aliphatic heterocycles. The van der Waals surface area contributed by atoms with Gasteiger partial charge in [0, 0.05) is 37.3 Å². The maximum absolute atomic E-state index is 4.63. The molecule has 3 heterocycles. The quantitative estimate of drug-likeness (QED) is 0.837. The standard InChI is InChI=1S/C13H17N5S/c1-10-11(2)19-13(15-10)18-8-6-17(7-9-18)12-4-3-5-14-16-12/h3-5H,6-9H2,1-2H3. The third kappa shape index (κ3) is 2.53. The zero-order valence-corrected chi connectivity index (χ0v) is 12.0. The Balaban J connectivity index is 1.66. The van der Waals surface area contributed by atoms with Crippen LogP contribution in [0.3, 0.4) is 0 Å². The summed E-state index contributed by atoms with van der Waals surface area (Å²) in [6, 6.07) is 3.95. The predicted molar refractivity (Wildman–Crippen MR) is 78.0 cm³/mol. The van der Waals surface area contributed by atoms with Crippen molar-refractivity contribution < 1.29 is 0 Å². The lowest BCUT2D eigenvalue weighted by atomic mass is 10.3. The van der Waals surface area contributed by atoms with Gasteiger partial charge in [-0.25, -0.2) is 4.98 Å². The zero-order chi connectivity index (χ0) is 13.2. The molecule has 0 bridgehead atoms. The van der Waals surface area contributed by atoms with E-state index < -0.39 is 0 Å². The Morgan fingerprint density at radius 1 is 1.11 bits per heavy atom. The highest BCUT2D eigenvalue weighted by Crippen LogP contribution is 2.26.